The molecule has 1 saturated heterocycles. The Morgan fingerprint density at radius 2 is 1.97 bits per heavy atom. The fourth-order valence-electron chi connectivity index (χ4n) is 3.87. The largest absolute Gasteiger partial charge is 0.494 e. The van der Waals surface area contributed by atoms with E-state index >= 15 is 0 Å². The summed E-state index contributed by atoms with van der Waals surface area (Å²) in [5.74, 6) is 0.743. The number of amides is 1. The molecule has 5 heteroatoms. The number of hydrogen-bond acceptors (Lipinski definition) is 4. The van der Waals surface area contributed by atoms with Gasteiger partial charge in [0.25, 0.3) is 5.91 Å². The molecule has 1 N–H and O–H groups in total. The summed E-state index contributed by atoms with van der Waals surface area (Å²) in [6.07, 6.45) is 8.96. The zero-order chi connectivity index (χ0) is 21.1. The van der Waals surface area contributed by atoms with E-state index in [1.54, 1.807) is 7.11 Å². The number of carbonyl (C=O) groups is 1. The van der Waals surface area contributed by atoms with Crippen molar-refractivity contribution in [3.63, 3.8) is 0 Å². The number of nitrogens with one attached hydrogen (secondary N) is 1. The number of unbranched alkanes of at least 4 members (excludes halogenated alkanes) is 2. The lowest BCUT2D eigenvalue weighted by atomic mass is 9.97. The third-order valence-electron chi connectivity index (χ3n) is 6.10. The lowest BCUT2D eigenvalue weighted by molar-refractivity contribution is -0.136. The number of methoxy groups -OCH3 is 1. The molecule has 0 unspecified atom stereocenters. The SMILES string of the molecule is CCCCC[C@@](C)(OC)C(=O)Nc1ccc(OCCCN2CCCC[C@@H]2C)cc1. The number of anilines is 1. The predicted molar refractivity (Wildman–Crippen MR) is 120 cm³/mol. The van der Waals surface area contributed by atoms with Gasteiger partial charge in [-0.1, -0.05) is 32.6 Å². The van der Waals surface area contributed by atoms with Crippen molar-refractivity contribution in [1.82, 2.24) is 4.90 Å². The van der Waals surface area contributed by atoms with Crippen LogP contribution in [0.3, 0.4) is 0 Å². The van der Waals surface area contributed by atoms with Gasteiger partial charge in [-0.2, -0.15) is 0 Å². The van der Waals surface area contributed by atoms with Crippen molar-refractivity contribution in [2.75, 3.05) is 32.1 Å². The maximum absolute atomic E-state index is 12.7. The van der Waals surface area contributed by atoms with E-state index in [1.807, 2.05) is 31.2 Å². The number of hydrogen-bond donors (Lipinski definition) is 1. The van der Waals surface area contributed by atoms with Gasteiger partial charge in [-0.3, -0.25) is 4.79 Å². The number of benzene rings is 1. The van der Waals surface area contributed by atoms with Gasteiger partial charge in [0.2, 0.25) is 0 Å². The summed E-state index contributed by atoms with van der Waals surface area (Å²) < 4.78 is 11.4. The summed E-state index contributed by atoms with van der Waals surface area (Å²) in [6, 6.07) is 8.32. The Hall–Kier alpha value is -1.59. The molecule has 0 aliphatic carbocycles. The maximum atomic E-state index is 12.7. The number of piperidine rings is 1. The summed E-state index contributed by atoms with van der Waals surface area (Å²) in [5.41, 5.74) is -0.0288. The Labute approximate surface area is 177 Å². The van der Waals surface area contributed by atoms with Gasteiger partial charge in [-0.15, -0.1) is 0 Å². The van der Waals surface area contributed by atoms with Crippen LogP contribution >= 0.6 is 0 Å². The Bertz CT molecular complexity index is 605. The van der Waals surface area contributed by atoms with Crippen LogP contribution in [0, 0.1) is 0 Å². The zero-order valence-corrected chi connectivity index (χ0v) is 18.8. The molecule has 1 amide bonds. The van der Waals surface area contributed by atoms with E-state index in [4.69, 9.17) is 9.47 Å². The average Bonchev–Trinajstić information content (AvgIpc) is 2.73. The van der Waals surface area contributed by atoms with Crippen LogP contribution in [-0.4, -0.2) is 49.3 Å². The van der Waals surface area contributed by atoms with E-state index in [0.29, 0.717) is 12.6 Å². The second-order valence-corrected chi connectivity index (χ2v) is 8.45. The van der Waals surface area contributed by atoms with Crippen molar-refractivity contribution >= 4 is 11.6 Å². The molecular formula is C24H40N2O3. The third kappa shape index (κ3) is 7.63. The first kappa shape index (κ1) is 23.7. The van der Waals surface area contributed by atoms with E-state index in [2.05, 4.69) is 24.1 Å². The lowest BCUT2D eigenvalue weighted by Gasteiger charge is -2.33. The molecule has 1 aliphatic heterocycles. The van der Waals surface area contributed by atoms with Crippen molar-refractivity contribution < 1.29 is 14.3 Å². The van der Waals surface area contributed by atoms with Crippen LogP contribution in [0.15, 0.2) is 24.3 Å². The second kappa shape index (κ2) is 12.2. The normalized spacial score (nSPS) is 19.5. The fourth-order valence-corrected chi connectivity index (χ4v) is 3.87. The first-order valence-electron chi connectivity index (χ1n) is 11.3. The molecule has 0 aromatic heterocycles. The van der Waals surface area contributed by atoms with Gasteiger partial charge >= 0.3 is 0 Å². The molecule has 5 nitrogen and oxygen atoms in total. The summed E-state index contributed by atoms with van der Waals surface area (Å²) in [4.78, 5) is 15.2. The molecule has 1 fully saturated rings. The molecule has 1 heterocycles. The van der Waals surface area contributed by atoms with Gasteiger partial charge in [-0.25, -0.2) is 0 Å². The fraction of sp³-hybridized carbons (Fsp3) is 0.708. The highest BCUT2D eigenvalue weighted by Crippen LogP contribution is 2.23. The van der Waals surface area contributed by atoms with E-state index in [0.717, 1.165) is 50.1 Å². The van der Waals surface area contributed by atoms with Crippen LogP contribution in [0.4, 0.5) is 5.69 Å². The van der Waals surface area contributed by atoms with Crippen LogP contribution < -0.4 is 10.1 Å². The highest BCUT2D eigenvalue weighted by Gasteiger charge is 2.32. The lowest BCUT2D eigenvalue weighted by Crippen LogP contribution is -2.41. The van der Waals surface area contributed by atoms with Gasteiger partial charge < -0.3 is 19.7 Å². The Morgan fingerprint density at radius 3 is 2.62 bits per heavy atom. The molecule has 0 radical (unpaired) electrons. The topological polar surface area (TPSA) is 50.8 Å². The van der Waals surface area contributed by atoms with E-state index < -0.39 is 5.60 Å². The molecule has 2 rings (SSSR count). The smallest absolute Gasteiger partial charge is 0.256 e. The Balaban J connectivity index is 1.75. The monoisotopic (exact) mass is 404 g/mol. The van der Waals surface area contributed by atoms with Crippen LogP contribution in [0.5, 0.6) is 5.75 Å². The molecular weight excluding hydrogens is 364 g/mol. The van der Waals surface area contributed by atoms with Crippen LogP contribution in [0.2, 0.25) is 0 Å². The Morgan fingerprint density at radius 1 is 1.21 bits per heavy atom. The average molecular weight is 405 g/mol. The van der Waals surface area contributed by atoms with Crippen molar-refractivity contribution in [3.8, 4) is 5.75 Å². The number of nitrogens with zero attached hydrogens (tertiary/aromatic N) is 1. The molecule has 1 aliphatic rings. The molecule has 29 heavy (non-hydrogen) atoms. The van der Waals surface area contributed by atoms with Crippen LogP contribution in [0.1, 0.15) is 72.1 Å². The molecule has 0 bridgehead atoms. The maximum Gasteiger partial charge on any atom is 0.256 e. The first-order valence-corrected chi connectivity index (χ1v) is 11.3. The summed E-state index contributed by atoms with van der Waals surface area (Å²) >= 11 is 0. The van der Waals surface area contributed by atoms with Gasteiger partial charge in [0.05, 0.1) is 6.61 Å². The van der Waals surface area contributed by atoms with E-state index in [9.17, 15) is 4.79 Å². The molecule has 2 atom stereocenters. The number of rotatable bonds is 12. The molecule has 0 saturated carbocycles. The summed E-state index contributed by atoms with van der Waals surface area (Å²) in [6.45, 7) is 9.37. The molecule has 0 spiro atoms. The van der Waals surface area contributed by atoms with Gasteiger partial charge in [0.1, 0.15) is 11.4 Å². The number of carbonyl (C=O) groups excluding carboxylic acids is 1. The first-order chi connectivity index (χ1) is 14.0. The minimum atomic E-state index is -0.796. The van der Waals surface area contributed by atoms with Crippen molar-refractivity contribution in [2.24, 2.45) is 0 Å². The predicted octanol–water partition coefficient (Wildman–Crippen LogP) is 5.25. The quantitative estimate of drug-likeness (QED) is 0.483. The molecule has 164 valence electrons. The van der Waals surface area contributed by atoms with Gasteiger partial charge in [0.15, 0.2) is 0 Å². The van der Waals surface area contributed by atoms with E-state index in [-0.39, 0.29) is 5.91 Å². The van der Waals surface area contributed by atoms with Crippen LogP contribution in [-0.2, 0) is 9.53 Å². The highest BCUT2D eigenvalue weighted by molar-refractivity contribution is 5.97. The molecule has 1 aromatic rings. The van der Waals surface area contributed by atoms with Gasteiger partial charge in [0, 0.05) is 25.4 Å². The minimum Gasteiger partial charge on any atom is -0.494 e. The minimum absolute atomic E-state index is 0.0968. The zero-order valence-electron chi connectivity index (χ0n) is 18.8. The summed E-state index contributed by atoms with van der Waals surface area (Å²) in [5, 5.41) is 2.98. The van der Waals surface area contributed by atoms with Crippen molar-refractivity contribution in [3.05, 3.63) is 24.3 Å². The standard InChI is InChI=1S/C24H40N2O3/c1-5-6-8-16-24(3,28-4)23(27)25-21-12-14-22(15-13-21)29-19-10-18-26-17-9-7-11-20(26)2/h12-15,20H,5-11,16-19H2,1-4H3,(H,25,27)/t20-,24+/m0/s1. The van der Waals surface area contributed by atoms with Crippen LogP contribution in [0.25, 0.3) is 0 Å². The number of ether oxygens (including phenoxy) is 2. The highest BCUT2D eigenvalue weighted by atomic mass is 16.5. The van der Waals surface area contributed by atoms with Crippen molar-refractivity contribution in [2.45, 2.75) is 83.8 Å². The Kier molecular flexibility index (Phi) is 9.95. The summed E-state index contributed by atoms with van der Waals surface area (Å²) in [7, 11) is 1.60. The van der Waals surface area contributed by atoms with E-state index in [1.165, 1.54) is 25.8 Å². The third-order valence-corrected chi connectivity index (χ3v) is 6.10. The number of likely N-dealkylation sites (tertiary alicyclic amines) is 1. The van der Waals surface area contributed by atoms with Gasteiger partial charge in [-0.05, 0) is 70.3 Å². The second-order valence-electron chi connectivity index (χ2n) is 8.45. The van der Waals surface area contributed by atoms with Crippen molar-refractivity contribution in [1.29, 1.82) is 0 Å². The molecule has 1 aromatic carbocycles.